The quantitative estimate of drug-likeness (QED) is 0.384. The lowest BCUT2D eigenvalue weighted by Crippen LogP contribution is -2.15. The fourth-order valence-corrected chi connectivity index (χ4v) is 4.86. The smallest absolute Gasteiger partial charge is 0.273 e. The maximum absolute atomic E-state index is 12.6. The number of rotatable bonds is 7. The minimum Gasteiger partial charge on any atom is -0.280 e. The third kappa shape index (κ3) is 5.32. The van der Waals surface area contributed by atoms with Crippen LogP contribution in [0.3, 0.4) is 0 Å². The average molecular weight is 482 g/mol. The zero-order valence-electron chi connectivity index (χ0n) is 15.9. The Kier molecular flexibility index (Phi) is 6.20. The molecule has 12 heteroatoms. The van der Waals surface area contributed by atoms with Crippen LogP contribution in [0.25, 0.3) is 0 Å². The van der Waals surface area contributed by atoms with Crippen molar-refractivity contribution in [2.75, 3.05) is 9.44 Å². The van der Waals surface area contributed by atoms with Crippen LogP contribution < -0.4 is 9.44 Å². The highest BCUT2D eigenvalue weighted by atomic mass is 35.5. The summed E-state index contributed by atoms with van der Waals surface area (Å²) >= 11 is 5.78. The zero-order valence-corrected chi connectivity index (χ0v) is 18.3. The van der Waals surface area contributed by atoms with Crippen LogP contribution in [0.5, 0.6) is 0 Å². The Bertz CT molecular complexity index is 1340. The molecular formula is C19H16ClN3O6S2. The van der Waals surface area contributed by atoms with E-state index in [2.05, 4.69) is 9.44 Å². The highest BCUT2D eigenvalue weighted by Crippen LogP contribution is 2.25. The highest BCUT2D eigenvalue weighted by molar-refractivity contribution is 7.93. The lowest BCUT2D eigenvalue weighted by molar-refractivity contribution is -0.385. The normalized spacial score (nSPS) is 11.7. The van der Waals surface area contributed by atoms with E-state index in [1.54, 1.807) is 0 Å². The molecule has 9 nitrogen and oxygen atoms in total. The van der Waals surface area contributed by atoms with Crippen LogP contribution in [0.4, 0.5) is 17.1 Å². The minimum atomic E-state index is -4.12. The number of aryl methyl sites for hydroxylation is 1. The molecule has 0 aliphatic heterocycles. The van der Waals surface area contributed by atoms with Gasteiger partial charge in [0, 0.05) is 28.0 Å². The van der Waals surface area contributed by atoms with Gasteiger partial charge in [-0.2, -0.15) is 0 Å². The van der Waals surface area contributed by atoms with Crippen molar-refractivity contribution in [1.29, 1.82) is 0 Å². The van der Waals surface area contributed by atoms with E-state index in [1.807, 2.05) is 0 Å². The molecule has 3 rings (SSSR count). The standard InChI is InChI=1S/C19H16ClN3O6S2/c1-13-2-9-18(12-19(13)23(24)25)31(28,29)22-16-7-10-17(11-8-16)30(26,27)21-15-5-3-14(20)4-6-15/h2-12,21-22H,1H3. The van der Waals surface area contributed by atoms with E-state index < -0.39 is 25.0 Å². The summed E-state index contributed by atoms with van der Waals surface area (Å²) in [6.45, 7) is 1.50. The molecule has 0 aliphatic rings. The molecule has 0 fully saturated rings. The van der Waals surface area contributed by atoms with E-state index in [9.17, 15) is 26.9 Å². The van der Waals surface area contributed by atoms with E-state index in [4.69, 9.17) is 11.6 Å². The van der Waals surface area contributed by atoms with Crippen LogP contribution in [0.1, 0.15) is 5.56 Å². The number of hydrogen-bond donors (Lipinski definition) is 2. The van der Waals surface area contributed by atoms with Crippen LogP contribution >= 0.6 is 11.6 Å². The second-order valence-electron chi connectivity index (χ2n) is 6.45. The molecule has 31 heavy (non-hydrogen) atoms. The Hall–Kier alpha value is -3.15. The monoisotopic (exact) mass is 481 g/mol. The number of hydrogen-bond acceptors (Lipinski definition) is 6. The molecule has 0 heterocycles. The van der Waals surface area contributed by atoms with Crippen molar-refractivity contribution in [3.8, 4) is 0 Å². The predicted octanol–water partition coefficient (Wildman–Crippen LogP) is 4.16. The van der Waals surface area contributed by atoms with E-state index >= 15 is 0 Å². The molecule has 162 valence electrons. The van der Waals surface area contributed by atoms with Crippen molar-refractivity contribution >= 4 is 48.7 Å². The third-order valence-corrected chi connectivity index (χ3v) is 7.23. The Labute approximate surface area is 183 Å². The molecule has 0 atom stereocenters. The highest BCUT2D eigenvalue weighted by Gasteiger charge is 2.20. The molecule has 0 saturated carbocycles. The maximum Gasteiger partial charge on any atom is 0.273 e. The lowest BCUT2D eigenvalue weighted by atomic mass is 10.2. The second-order valence-corrected chi connectivity index (χ2v) is 10.2. The Morgan fingerprint density at radius 1 is 0.774 bits per heavy atom. The summed E-state index contributed by atoms with van der Waals surface area (Å²) in [5.41, 5.74) is 0.410. The molecule has 0 saturated heterocycles. The first kappa shape index (κ1) is 22.5. The lowest BCUT2D eigenvalue weighted by Gasteiger charge is -2.11. The topological polar surface area (TPSA) is 135 Å². The van der Waals surface area contributed by atoms with Crippen LogP contribution in [-0.2, 0) is 20.0 Å². The van der Waals surface area contributed by atoms with Crippen LogP contribution in [-0.4, -0.2) is 21.8 Å². The molecule has 0 amide bonds. The SMILES string of the molecule is Cc1ccc(S(=O)(=O)Nc2ccc(S(=O)(=O)Nc3ccc(Cl)cc3)cc2)cc1[N+](=O)[O-]. The number of nitro benzene ring substituents is 1. The van der Waals surface area contributed by atoms with Gasteiger partial charge in [-0.15, -0.1) is 0 Å². The van der Waals surface area contributed by atoms with Gasteiger partial charge in [-0.1, -0.05) is 17.7 Å². The van der Waals surface area contributed by atoms with Gasteiger partial charge >= 0.3 is 0 Å². The largest absolute Gasteiger partial charge is 0.280 e. The van der Waals surface area contributed by atoms with Gasteiger partial charge in [0.25, 0.3) is 25.7 Å². The molecule has 0 aliphatic carbocycles. The number of nitrogens with one attached hydrogen (secondary N) is 2. The Morgan fingerprint density at radius 3 is 1.74 bits per heavy atom. The molecule has 2 N–H and O–H groups in total. The van der Waals surface area contributed by atoms with Crippen molar-refractivity contribution in [2.24, 2.45) is 0 Å². The number of benzene rings is 3. The first-order valence-corrected chi connectivity index (χ1v) is 12.0. The second kappa shape index (κ2) is 8.53. The number of nitrogens with zero attached hydrogens (tertiary/aromatic N) is 1. The predicted molar refractivity (Wildman–Crippen MR) is 117 cm³/mol. The van der Waals surface area contributed by atoms with Crippen molar-refractivity contribution in [3.05, 3.63) is 87.4 Å². The molecule has 0 unspecified atom stereocenters. The van der Waals surface area contributed by atoms with Gasteiger partial charge in [0.1, 0.15) is 0 Å². The van der Waals surface area contributed by atoms with Crippen molar-refractivity contribution in [3.63, 3.8) is 0 Å². The van der Waals surface area contributed by atoms with Gasteiger partial charge in [-0.25, -0.2) is 16.8 Å². The number of halogens is 1. The molecule has 0 radical (unpaired) electrons. The summed E-state index contributed by atoms with van der Waals surface area (Å²) in [6.07, 6.45) is 0. The van der Waals surface area contributed by atoms with E-state index in [-0.39, 0.29) is 21.2 Å². The molecule has 3 aromatic rings. The van der Waals surface area contributed by atoms with Crippen molar-refractivity contribution < 1.29 is 21.8 Å². The van der Waals surface area contributed by atoms with E-state index in [0.29, 0.717) is 16.3 Å². The summed E-state index contributed by atoms with van der Waals surface area (Å²) in [7, 11) is -8.02. The summed E-state index contributed by atoms with van der Waals surface area (Å²) in [4.78, 5) is 10.0. The average Bonchev–Trinajstić information content (AvgIpc) is 2.69. The molecule has 0 aromatic heterocycles. The van der Waals surface area contributed by atoms with Crippen molar-refractivity contribution in [1.82, 2.24) is 0 Å². The molecule has 0 bridgehead atoms. The maximum atomic E-state index is 12.6. The summed E-state index contributed by atoms with van der Waals surface area (Å²) in [5, 5.41) is 11.5. The summed E-state index contributed by atoms with van der Waals surface area (Å²) in [6, 6.07) is 14.6. The van der Waals surface area contributed by atoms with Crippen LogP contribution in [0.15, 0.2) is 76.5 Å². The number of anilines is 2. The first-order valence-electron chi connectivity index (χ1n) is 8.64. The van der Waals surface area contributed by atoms with Gasteiger partial charge in [0.05, 0.1) is 14.7 Å². The molecule has 3 aromatic carbocycles. The fourth-order valence-electron chi connectivity index (χ4n) is 2.60. The van der Waals surface area contributed by atoms with Gasteiger partial charge in [-0.3, -0.25) is 19.6 Å². The van der Waals surface area contributed by atoms with Gasteiger partial charge < -0.3 is 0 Å². The zero-order chi connectivity index (χ0) is 22.8. The third-order valence-electron chi connectivity index (χ3n) is 4.20. The summed E-state index contributed by atoms with van der Waals surface area (Å²) < 4.78 is 54.8. The van der Waals surface area contributed by atoms with Gasteiger partial charge in [0.2, 0.25) is 0 Å². The van der Waals surface area contributed by atoms with Gasteiger partial charge in [0.15, 0.2) is 0 Å². The van der Waals surface area contributed by atoms with Crippen LogP contribution in [0, 0.1) is 17.0 Å². The Morgan fingerprint density at radius 2 is 1.23 bits per heavy atom. The first-order chi connectivity index (χ1) is 14.5. The van der Waals surface area contributed by atoms with Gasteiger partial charge in [-0.05, 0) is 61.5 Å². The summed E-state index contributed by atoms with van der Waals surface area (Å²) in [5.74, 6) is 0. The van der Waals surface area contributed by atoms with E-state index in [1.165, 1.54) is 67.6 Å². The van der Waals surface area contributed by atoms with Crippen molar-refractivity contribution in [2.45, 2.75) is 16.7 Å². The van der Waals surface area contributed by atoms with Crippen LogP contribution in [0.2, 0.25) is 5.02 Å². The van der Waals surface area contributed by atoms with E-state index in [0.717, 1.165) is 6.07 Å². The molecule has 0 spiro atoms. The fraction of sp³-hybridized carbons (Fsp3) is 0.0526. The molecular weight excluding hydrogens is 466 g/mol. The minimum absolute atomic E-state index is 0.0867. The Balaban J connectivity index is 1.80. The number of nitro groups is 1. The number of sulfonamides is 2.